The largest absolute Gasteiger partial charge is 0.355 e. The van der Waals surface area contributed by atoms with Gasteiger partial charge in [-0.25, -0.2) is 0 Å². The molecule has 0 N–H and O–H groups in total. The smallest absolute Gasteiger partial charge is 0.178 e. The minimum absolute atomic E-state index is 0.272. The van der Waals surface area contributed by atoms with Crippen molar-refractivity contribution in [2.24, 2.45) is 10.2 Å². The molecular formula is C10H20N2O. The van der Waals surface area contributed by atoms with Crippen LogP contribution in [0.2, 0.25) is 0 Å². The zero-order valence-corrected chi connectivity index (χ0v) is 8.92. The van der Waals surface area contributed by atoms with Gasteiger partial charge in [-0.05, 0) is 39.5 Å². The maximum Gasteiger partial charge on any atom is 0.178 e. The van der Waals surface area contributed by atoms with Gasteiger partial charge in [-0.3, -0.25) is 0 Å². The average molecular weight is 184 g/mol. The maximum atomic E-state index is 5.47. The van der Waals surface area contributed by atoms with E-state index < -0.39 is 0 Å². The van der Waals surface area contributed by atoms with E-state index in [4.69, 9.17) is 4.74 Å². The van der Waals surface area contributed by atoms with Gasteiger partial charge in [0.2, 0.25) is 0 Å². The first-order valence-corrected chi connectivity index (χ1v) is 5.16. The van der Waals surface area contributed by atoms with Gasteiger partial charge in [0, 0.05) is 7.11 Å². The molecule has 76 valence electrons. The van der Waals surface area contributed by atoms with Gasteiger partial charge in [0.25, 0.3) is 0 Å². The summed E-state index contributed by atoms with van der Waals surface area (Å²) in [5.74, 6) is 0. The Morgan fingerprint density at radius 1 is 1.15 bits per heavy atom. The number of azo groups is 1. The lowest BCUT2D eigenvalue weighted by Gasteiger charge is -2.30. The number of ether oxygens (including phenoxy) is 1. The fourth-order valence-electron chi connectivity index (χ4n) is 1.67. The third-order valence-corrected chi connectivity index (χ3v) is 2.49. The lowest BCUT2D eigenvalue weighted by molar-refractivity contribution is -0.0383. The average Bonchev–Trinajstić information content (AvgIpc) is 2.16. The summed E-state index contributed by atoms with van der Waals surface area (Å²) < 4.78 is 5.47. The van der Waals surface area contributed by atoms with Crippen LogP contribution >= 0.6 is 0 Å². The molecule has 0 aromatic carbocycles. The first kappa shape index (κ1) is 10.6. The standard InChI is InChI=1S/C10H20N2O/c1-9(2)11-12-10(13-3)7-5-4-6-8-10/h9H,4-8H2,1-3H3/b12-11+. The van der Waals surface area contributed by atoms with Crippen molar-refractivity contribution in [1.82, 2.24) is 0 Å². The zero-order chi connectivity index (χ0) is 9.73. The summed E-state index contributed by atoms with van der Waals surface area (Å²) in [5.41, 5.74) is -0.289. The second kappa shape index (κ2) is 4.70. The van der Waals surface area contributed by atoms with Crippen LogP contribution in [0.1, 0.15) is 46.0 Å². The molecular weight excluding hydrogens is 164 g/mol. The highest BCUT2D eigenvalue weighted by atomic mass is 16.5. The van der Waals surface area contributed by atoms with Crippen molar-refractivity contribution in [3.63, 3.8) is 0 Å². The molecule has 0 saturated heterocycles. The lowest BCUT2D eigenvalue weighted by atomic mass is 9.92. The summed E-state index contributed by atoms with van der Waals surface area (Å²) in [6.07, 6.45) is 5.79. The van der Waals surface area contributed by atoms with Crippen molar-refractivity contribution in [3.05, 3.63) is 0 Å². The Morgan fingerprint density at radius 3 is 2.23 bits per heavy atom. The molecule has 0 heterocycles. The van der Waals surface area contributed by atoms with Crippen molar-refractivity contribution in [1.29, 1.82) is 0 Å². The Labute approximate surface area is 80.6 Å². The fraction of sp³-hybridized carbons (Fsp3) is 1.00. The summed E-state index contributed by atoms with van der Waals surface area (Å²) in [5, 5.41) is 8.53. The fourth-order valence-corrected chi connectivity index (χ4v) is 1.67. The van der Waals surface area contributed by atoms with Crippen molar-refractivity contribution >= 4 is 0 Å². The van der Waals surface area contributed by atoms with Gasteiger partial charge >= 0.3 is 0 Å². The van der Waals surface area contributed by atoms with E-state index in [2.05, 4.69) is 10.2 Å². The maximum absolute atomic E-state index is 5.47. The summed E-state index contributed by atoms with van der Waals surface area (Å²) >= 11 is 0. The highest BCUT2D eigenvalue weighted by Gasteiger charge is 2.31. The molecule has 0 atom stereocenters. The summed E-state index contributed by atoms with van der Waals surface area (Å²) in [6.45, 7) is 4.07. The monoisotopic (exact) mass is 184 g/mol. The van der Waals surface area contributed by atoms with E-state index in [-0.39, 0.29) is 11.8 Å². The molecule has 0 bridgehead atoms. The molecule has 0 unspecified atom stereocenters. The van der Waals surface area contributed by atoms with E-state index in [1.807, 2.05) is 13.8 Å². The number of hydrogen-bond donors (Lipinski definition) is 0. The molecule has 1 aliphatic rings. The molecule has 1 fully saturated rings. The van der Waals surface area contributed by atoms with E-state index in [0.717, 1.165) is 12.8 Å². The number of rotatable bonds is 3. The topological polar surface area (TPSA) is 34.0 Å². The predicted molar refractivity (Wildman–Crippen MR) is 52.8 cm³/mol. The third-order valence-electron chi connectivity index (χ3n) is 2.49. The van der Waals surface area contributed by atoms with Gasteiger partial charge in [0.1, 0.15) is 0 Å². The van der Waals surface area contributed by atoms with Gasteiger partial charge in [-0.2, -0.15) is 10.2 Å². The molecule has 1 aliphatic carbocycles. The van der Waals surface area contributed by atoms with Crippen LogP contribution < -0.4 is 0 Å². The minimum atomic E-state index is -0.289. The van der Waals surface area contributed by atoms with Crippen LogP contribution in [-0.4, -0.2) is 18.9 Å². The normalized spacial score (nSPS) is 22.8. The first-order valence-electron chi connectivity index (χ1n) is 5.16. The Kier molecular flexibility index (Phi) is 3.85. The molecule has 0 radical (unpaired) electrons. The molecule has 0 spiro atoms. The molecule has 1 saturated carbocycles. The molecule has 0 aliphatic heterocycles. The van der Waals surface area contributed by atoms with Crippen LogP contribution in [0.3, 0.4) is 0 Å². The second-order valence-electron chi connectivity index (χ2n) is 4.02. The number of hydrogen-bond acceptors (Lipinski definition) is 3. The summed E-state index contributed by atoms with van der Waals surface area (Å²) in [7, 11) is 1.74. The molecule has 13 heavy (non-hydrogen) atoms. The number of nitrogens with zero attached hydrogens (tertiary/aromatic N) is 2. The first-order chi connectivity index (χ1) is 6.18. The van der Waals surface area contributed by atoms with Crippen molar-refractivity contribution in [2.45, 2.75) is 57.7 Å². The van der Waals surface area contributed by atoms with E-state index in [0.29, 0.717) is 0 Å². The Hall–Kier alpha value is -0.440. The van der Waals surface area contributed by atoms with E-state index >= 15 is 0 Å². The summed E-state index contributed by atoms with van der Waals surface area (Å²) in [4.78, 5) is 0. The summed E-state index contributed by atoms with van der Waals surface area (Å²) in [6, 6.07) is 0.272. The molecule has 1 rings (SSSR count). The van der Waals surface area contributed by atoms with Crippen molar-refractivity contribution in [2.75, 3.05) is 7.11 Å². The van der Waals surface area contributed by atoms with Crippen molar-refractivity contribution in [3.8, 4) is 0 Å². The van der Waals surface area contributed by atoms with Gasteiger partial charge < -0.3 is 4.74 Å². The molecule has 3 heteroatoms. The molecule has 0 aromatic rings. The third kappa shape index (κ3) is 3.07. The number of methoxy groups -OCH3 is 1. The van der Waals surface area contributed by atoms with Gasteiger partial charge in [-0.15, -0.1) is 0 Å². The highest BCUT2D eigenvalue weighted by molar-refractivity contribution is 4.80. The van der Waals surface area contributed by atoms with Crippen molar-refractivity contribution < 1.29 is 4.74 Å². The van der Waals surface area contributed by atoms with E-state index in [9.17, 15) is 0 Å². The highest BCUT2D eigenvalue weighted by Crippen LogP contribution is 2.32. The van der Waals surface area contributed by atoms with Crippen LogP contribution in [0.15, 0.2) is 10.2 Å². The molecule has 0 amide bonds. The second-order valence-corrected chi connectivity index (χ2v) is 4.02. The lowest BCUT2D eigenvalue weighted by Crippen LogP contribution is -2.31. The predicted octanol–water partition coefficient (Wildman–Crippen LogP) is 3.15. The van der Waals surface area contributed by atoms with Crippen LogP contribution in [0.4, 0.5) is 0 Å². The van der Waals surface area contributed by atoms with Crippen LogP contribution in [0.25, 0.3) is 0 Å². The van der Waals surface area contributed by atoms with Crippen LogP contribution in [0, 0.1) is 0 Å². The molecule has 0 aromatic heterocycles. The molecule has 3 nitrogen and oxygen atoms in total. The minimum Gasteiger partial charge on any atom is -0.355 e. The SMILES string of the molecule is COC1(/N=N/C(C)C)CCCCC1. The Bertz CT molecular complexity index is 172. The van der Waals surface area contributed by atoms with E-state index in [1.165, 1.54) is 19.3 Å². The zero-order valence-electron chi connectivity index (χ0n) is 8.92. The van der Waals surface area contributed by atoms with Gasteiger partial charge in [0.15, 0.2) is 5.72 Å². The Morgan fingerprint density at radius 2 is 1.77 bits per heavy atom. The van der Waals surface area contributed by atoms with Gasteiger partial charge in [-0.1, -0.05) is 6.42 Å². The Balaban J connectivity index is 2.57. The van der Waals surface area contributed by atoms with Gasteiger partial charge in [0.05, 0.1) is 6.04 Å². The van der Waals surface area contributed by atoms with Crippen LogP contribution in [0.5, 0.6) is 0 Å². The van der Waals surface area contributed by atoms with E-state index in [1.54, 1.807) is 7.11 Å². The quantitative estimate of drug-likeness (QED) is 0.620. The van der Waals surface area contributed by atoms with Crippen LogP contribution in [-0.2, 0) is 4.74 Å².